The molecule has 0 aliphatic rings. The van der Waals surface area contributed by atoms with Crippen molar-refractivity contribution in [3.63, 3.8) is 0 Å². The molecule has 1 N–H and O–H groups in total. The molecule has 0 bridgehead atoms. The summed E-state index contributed by atoms with van der Waals surface area (Å²) < 4.78 is 5.89. The van der Waals surface area contributed by atoms with E-state index in [4.69, 9.17) is 27.9 Å². The molecule has 0 saturated carbocycles. The molecule has 0 saturated heterocycles. The van der Waals surface area contributed by atoms with Gasteiger partial charge in [0.05, 0.1) is 15.7 Å². The highest BCUT2D eigenvalue weighted by Gasteiger charge is 2.20. The van der Waals surface area contributed by atoms with Gasteiger partial charge in [-0.3, -0.25) is 4.79 Å². The summed E-state index contributed by atoms with van der Waals surface area (Å²) in [6.07, 6.45) is -0.130. The maximum absolute atomic E-state index is 12.6. The number of hydrogen-bond acceptors (Lipinski definition) is 2. The molecule has 3 aromatic rings. The normalized spacial score (nSPS) is 12.0. The molecule has 0 aliphatic heterocycles. The molecule has 5 heteroatoms. The van der Waals surface area contributed by atoms with Crippen LogP contribution in [0, 0.1) is 0 Å². The fraction of sp³-hybridized carbons (Fsp3) is 0.150. The van der Waals surface area contributed by atoms with Crippen LogP contribution in [0.2, 0.25) is 10.0 Å². The minimum absolute atomic E-state index is 0.286. The number of carbonyl (C=O) groups is 1. The minimum Gasteiger partial charge on any atom is -0.481 e. The Bertz CT molecular complexity index is 891. The maximum Gasteiger partial charge on any atom is 0.265 e. The van der Waals surface area contributed by atoms with E-state index < -0.39 is 6.10 Å². The second-order valence-corrected chi connectivity index (χ2v) is 6.42. The molecule has 0 unspecified atom stereocenters. The van der Waals surface area contributed by atoms with Gasteiger partial charge in [-0.15, -0.1) is 0 Å². The highest BCUT2D eigenvalue weighted by atomic mass is 35.5. The molecule has 0 fully saturated rings. The lowest BCUT2D eigenvalue weighted by Crippen LogP contribution is -2.32. The molecular weight excluding hydrogens is 357 g/mol. The second kappa shape index (κ2) is 7.77. The Kier molecular flexibility index (Phi) is 5.47. The first-order chi connectivity index (χ1) is 12.1. The van der Waals surface area contributed by atoms with E-state index in [2.05, 4.69) is 5.32 Å². The van der Waals surface area contributed by atoms with Crippen LogP contribution in [0.5, 0.6) is 5.75 Å². The van der Waals surface area contributed by atoms with Gasteiger partial charge in [-0.25, -0.2) is 0 Å². The van der Waals surface area contributed by atoms with Crippen molar-refractivity contribution < 1.29 is 9.53 Å². The topological polar surface area (TPSA) is 38.3 Å². The predicted molar refractivity (Wildman–Crippen MR) is 104 cm³/mol. The molecule has 3 aromatic carbocycles. The van der Waals surface area contributed by atoms with E-state index in [9.17, 15) is 4.79 Å². The lowest BCUT2D eigenvalue weighted by atomic mass is 10.1. The highest BCUT2D eigenvalue weighted by Crippen LogP contribution is 2.30. The van der Waals surface area contributed by atoms with Crippen LogP contribution >= 0.6 is 23.2 Å². The summed E-state index contributed by atoms with van der Waals surface area (Å²) >= 11 is 12.2. The van der Waals surface area contributed by atoms with Gasteiger partial charge < -0.3 is 10.1 Å². The number of anilines is 1. The number of para-hydroxylation sites is 1. The van der Waals surface area contributed by atoms with Crippen LogP contribution in [-0.4, -0.2) is 12.0 Å². The zero-order valence-corrected chi connectivity index (χ0v) is 15.1. The van der Waals surface area contributed by atoms with Crippen molar-refractivity contribution in [1.29, 1.82) is 0 Å². The van der Waals surface area contributed by atoms with Gasteiger partial charge in [-0.1, -0.05) is 66.5 Å². The van der Waals surface area contributed by atoms with E-state index in [-0.39, 0.29) is 5.91 Å². The van der Waals surface area contributed by atoms with Gasteiger partial charge in [0.1, 0.15) is 5.75 Å². The Hall–Kier alpha value is -2.23. The first-order valence-electron chi connectivity index (χ1n) is 7.99. The zero-order chi connectivity index (χ0) is 17.8. The highest BCUT2D eigenvalue weighted by molar-refractivity contribution is 6.39. The van der Waals surface area contributed by atoms with Crippen molar-refractivity contribution in [2.45, 2.75) is 19.4 Å². The number of nitrogens with one attached hydrogen (secondary N) is 1. The number of carbonyl (C=O) groups excluding carboxylic acids is 1. The minimum atomic E-state index is -0.645. The van der Waals surface area contributed by atoms with Crippen LogP contribution in [-0.2, 0) is 4.79 Å². The van der Waals surface area contributed by atoms with E-state index in [1.54, 1.807) is 18.2 Å². The second-order valence-electron chi connectivity index (χ2n) is 5.61. The molecule has 3 nitrogen and oxygen atoms in total. The van der Waals surface area contributed by atoms with Crippen LogP contribution in [0.1, 0.15) is 13.3 Å². The van der Waals surface area contributed by atoms with E-state index >= 15 is 0 Å². The van der Waals surface area contributed by atoms with Crippen molar-refractivity contribution in [3.05, 3.63) is 70.7 Å². The molecule has 3 rings (SSSR count). The van der Waals surface area contributed by atoms with Crippen molar-refractivity contribution in [1.82, 2.24) is 0 Å². The smallest absolute Gasteiger partial charge is 0.265 e. The fourth-order valence-corrected chi connectivity index (χ4v) is 3.04. The number of amides is 1. The summed E-state index contributed by atoms with van der Waals surface area (Å²) in [6, 6.07) is 18.8. The molecule has 1 atom stereocenters. The molecule has 0 radical (unpaired) electrons. The standard InChI is InChI=1S/C20H17Cl2NO2/c1-2-18(20(24)23-19-16(21)8-5-9-17(19)22)25-15-11-10-13-6-3-4-7-14(13)12-15/h3-12,18H,2H2,1H3,(H,23,24)/t18-/m0/s1. The lowest BCUT2D eigenvalue weighted by Gasteiger charge is -2.18. The molecule has 1 amide bonds. The predicted octanol–water partition coefficient (Wildman–Crippen LogP) is 5.94. The summed E-state index contributed by atoms with van der Waals surface area (Å²) in [6.45, 7) is 1.89. The number of fused-ring (bicyclic) bond motifs is 1. The molecule has 0 aromatic heterocycles. The first-order valence-corrected chi connectivity index (χ1v) is 8.74. The van der Waals surface area contributed by atoms with E-state index in [1.165, 1.54) is 0 Å². The number of ether oxygens (including phenoxy) is 1. The van der Waals surface area contributed by atoms with Crippen LogP contribution in [0.25, 0.3) is 10.8 Å². The largest absolute Gasteiger partial charge is 0.481 e. The lowest BCUT2D eigenvalue weighted by molar-refractivity contribution is -0.122. The number of hydrogen-bond donors (Lipinski definition) is 1. The fourth-order valence-electron chi connectivity index (χ4n) is 2.55. The van der Waals surface area contributed by atoms with Crippen LogP contribution < -0.4 is 10.1 Å². The van der Waals surface area contributed by atoms with Gasteiger partial charge in [-0.2, -0.15) is 0 Å². The third-order valence-corrected chi connectivity index (χ3v) is 4.50. The number of halogens is 2. The zero-order valence-electron chi connectivity index (χ0n) is 13.6. The Labute approximate surface area is 156 Å². The van der Waals surface area contributed by atoms with Crippen molar-refractivity contribution in [3.8, 4) is 5.75 Å². The van der Waals surface area contributed by atoms with Gasteiger partial charge in [-0.05, 0) is 41.5 Å². The average Bonchev–Trinajstić information content (AvgIpc) is 2.62. The molecule has 128 valence electrons. The van der Waals surface area contributed by atoms with Gasteiger partial charge in [0.25, 0.3) is 5.91 Å². The quantitative estimate of drug-likeness (QED) is 0.600. The van der Waals surface area contributed by atoms with Crippen molar-refractivity contribution in [2.75, 3.05) is 5.32 Å². The van der Waals surface area contributed by atoms with Gasteiger partial charge in [0.15, 0.2) is 6.10 Å². The van der Waals surface area contributed by atoms with Crippen molar-refractivity contribution in [2.24, 2.45) is 0 Å². The third-order valence-electron chi connectivity index (χ3n) is 3.87. The van der Waals surface area contributed by atoms with Crippen LogP contribution in [0.3, 0.4) is 0 Å². The van der Waals surface area contributed by atoms with Gasteiger partial charge in [0, 0.05) is 0 Å². The molecule has 0 spiro atoms. The Morgan fingerprint density at radius 1 is 1.00 bits per heavy atom. The van der Waals surface area contributed by atoms with E-state index in [0.717, 1.165) is 10.8 Å². The van der Waals surface area contributed by atoms with Gasteiger partial charge >= 0.3 is 0 Å². The van der Waals surface area contributed by atoms with Crippen molar-refractivity contribution >= 4 is 45.6 Å². The molecule has 0 aliphatic carbocycles. The average molecular weight is 374 g/mol. The Morgan fingerprint density at radius 2 is 1.68 bits per heavy atom. The van der Waals surface area contributed by atoms with E-state index in [1.807, 2.05) is 49.4 Å². The summed E-state index contributed by atoms with van der Waals surface area (Å²) in [5.74, 6) is 0.358. The summed E-state index contributed by atoms with van der Waals surface area (Å²) in [5, 5.41) is 5.72. The van der Waals surface area contributed by atoms with Crippen LogP contribution in [0.15, 0.2) is 60.7 Å². The molecular formula is C20H17Cl2NO2. The summed E-state index contributed by atoms with van der Waals surface area (Å²) in [4.78, 5) is 12.6. The summed E-state index contributed by atoms with van der Waals surface area (Å²) in [7, 11) is 0. The maximum atomic E-state index is 12.6. The molecule has 25 heavy (non-hydrogen) atoms. The Morgan fingerprint density at radius 3 is 2.36 bits per heavy atom. The Balaban J connectivity index is 1.78. The first kappa shape index (κ1) is 17.6. The summed E-state index contributed by atoms with van der Waals surface area (Å²) in [5.41, 5.74) is 0.399. The molecule has 0 heterocycles. The van der Waals surface area contributed by atoms with Crippen LogP contribution in [0.4, 0.5) is 5.69 Å². The van der Waals surface area contributed by atoms with Gasteiger partial charge in [0.2, 0.25) is 0 Å². The van der Waals surface area contributed by atoms with E-state index in [0.29, 0.717) is 27.9 Å². The third kappa shape index (κ3) is 4.06. The number of rotatable bonds is 5. The monoisotopic (exact) mass is 373 g/mol. The SMILES string of the molecule is CC[C@H](Oc1ccc2ccccc2c1)C(=O)Nc1c(Cl)cccc1Cl. The number of benzene rings is 3.